The highest BCUT2D eigenvalue weighted by Gasteiger charge is 2.23. The Labute approximate surface area is 152 Å². The first-order chi connectivity index (χ1) is 11.8. The number of sulfonamides is 1. The second kappa shape index (κ2) is 6.75. The van der Waals surface area contributed by atoms with E-state index in [2.05, 4.69) is 9.71 Å². The zero-order valence-corrected chi connectivity index (χ0v) is 15.4. The molecule has 10 heteroatoms. The molecule has 1 unspecified atom stereocenters. The van der Waals surface area contributed by atoms with Crippen LogP contribution in [-0.4, -0.2) is 24.4 Å². The maximum atomic E-state index is 12.4. The second-order valence-corrected chi connectivity index (χ2v) is 8.90. The van der Waals surface area contributed by atoms with Gasteiger partial charge in [0.25, 0.3) is 15.7 Å². The van der Waals surface area contributed by atoms with Gasteiger partial charge in [-0.05, 0) is 31.0 Å². The number of fused-ring (bicyclic) bond motifs is 1. The van der Waals surface area contributed by atoms with E-state index in [4.69, 9.17) is 11.6 Å². The van der Waals surface area contributed by atoms with Gasteiger partial charge >= 0.3 is 0 Å². The summed E-state index contributed by atoms with van der Waals surface area (Å²) < 4.78 is 27.2. The van der Waals surface area contributed by atoms with Crippen molar-refractivity contribution in [1.29, 1.82) is 0 Å². The molecule has 7 nitrogen and oxygen atoms in total. The van der Waals surface area contributed by atoms with Crippen LogP contribution in [0.15, 0.2) is 40.1 Å². The minimum Gasteiger partial charge on any atom is -0.361 e. The van der Waals surface area contributed by atoms with Gasteiger partial charge in [-0.2, -0.15) is 0 Å². The van der Waals surface area contributed by atoms with E-state index in [-0.39, 0.29) is 15.9 Å². The summed E-state index contributed by atoms with van der Waals surface area (Å²) in [6, 6.07) is 6.14. The fourth-order valence-corrected chi connectivity index (χ4v) is 5.12. The highest BCUT2D eigenvalue weighted by atomic mass is 35.5. The van der Waals surface area contributed by atoms with Gasteiger partial charge in [-0.15, -0.1) is 11.3 Å². The summed E-state index contributed by atoms with van der Waals surface area (Å²) in [5.74, 6) is 0. The second-order valence-electron chi connectivity index (χ2n) is 5.61. The molecule has 0 aliphatic heterocycles. The maximum Gasteiger partial charge on any atom is 0.281 e. The number of hydrogen-bond acceptors (Lipinski definition) is 5. The van der Waals surface area contributed by atoms with Crippen LogP contribution in [0.25, 0.3) is 10.9 Å². The van der Waals surface area contributed by atoms with Crippen LogP contribution in [0.1, 0.15) is 12.5 Å². The van der Waals surface area contributed by atoms with Crippen molar-refractivity contribution in [1.82, 2.24) is 9.71 Å². The maximum absolute atomic E-state index is 12.4. The Morgan fingerprint density at radius 3 is 2.84 bits per heavy atom. The molecule has 2 heterocycles. The molecule has 25 heavy (non-hydrogen) atoms. The minimum atomic E-state index is -3.80. The molecule has 132 valence electrons. The van der Waals surface area contributed by atoms with Crippen LogP contribution in [-0.2, 0) is 16.4 Å². The molecule has 0 radical (unpaired) electrons. The van der Waals surface area contributed by atoms with Crippen molar-refractivity contribution in [2.75, 3.05) is 0 Å². The lowest BCUT2D eigenvalue weighted by molar-refractivity contribution is -0.384. The zero-order chi connectivity index (χ0) is 18.2. The molecule has 0 amide bonds. The predicted molar refractivity (Wildman–Crippen MR) is 97.8 cm³/mol. The number of halogens is 1. The van der Waals surface area contributed by atoms with Gasteiger partial charge in [0.2, 0.25) is 0 Å². The van der Waals surface area contributed by atoms with Crippen LogP contribution in [0.3, 0.4) is 0 Å². The number of nitrogens with zero attached hydrogens (tertiary/aromatic N) is 1. The number of hydrogen-bond donors (Lipinski definition) is 2. The van der Waals surface area contributed by atoms with Gasteiger partial charge in [0.05, 0.1) is 10.3 Å². The van der Waals surface area contributed by atoms with Gasteiger partial charge in [-0.25, -0.2) is 13.1 Å². The first-order valence-corrected chi connectivity index (χ1v) is 10.0. The van der Waals surface area contributed by atoms with Crippen molar-refractivity contribution in [2.45, 2.75) is 23.6 Å². The van der Waals surface area contributed by atoms with Crippen LogP contribution < -0.4 is 4.72 Å². The summed E-state index contributed by atoms with van der Waals surface area (Å²) in [6.07, 6.45) is 2.29. The molecular formula is C15H14ClN3O4S2. The topological polar surface area (TPSA) is 105 Å². The standard InChI is InChI=1S/C15H14ClN3O4S2/c1-9(4-10-7-17-14-5-11(16)2-3-13(10)14)18-25(22,23)15-6-12(8-24-15)19(20)21/h2-3,5-9,17-18H,4H2,1H3. The summed E-state index contributed by atoms with van der Waals surface area (Å²) >= 11 is 6.78. The van der Waals surface area contributed by atoms with Crippen LogP contribution in [0.4, 0.5) is 5.69 Å². The Morgan fingerprint density at radius 2 is 2.16 bits per heavy atom. The SMILES string of the molecule is CC(Cc1c[nH]c2cc(Cl)ccc12)NS(=O)(=O)c1cc([N+](=O)[O-])cs1. The number of nitro groups is 1. The van der Waals surface area contributed by atoms with Crippen molar-refractivity contribution in [3.05, 3.63) is 56.5 Å². The number of aromatic amines is 1. The average Bonchev–Trinajstić information content (AvgIpc) is 3.14. The van der Waals surface area contributed by atoms with Crippen molar-refractivity contribution in [3.63, 3.8) is 0 Å². The molecule has 1 aromatic carbocycles. The van der Waals surface area contributed by atoms with Crippen molar-refractivity contribution >= 4 is 49.6 Å². The Morgan fingerprint density at radius 1 is 1.40 bits per heavy atom. The first kappa shape index (κ1) is 17.9. The summed E-state index contributed by atoms with van der Waals surface area (Å²) in [6.45, 7) is 1.74. The van der Waals surface area contributed by atoms with Crippen LogP contribution in [0.5, 0.6) is 0 Å². The normalized spacial score (nSPS) is 13.2. The van der Waals surface area contributed by atoms with Gasteiger partial charge in [0, 0.05) is 34.2 Å². The van der Waals surface area contributed by atoms with Crippen LogP contribution >= 0.6 is 22.9 Å². The Balaban J connectivity index is 1.76. The Kier molecular flexibility index (Phi) is 4.83. The lowest BCUT2D eigenvalue weighted by Crippen LogP contribution is -2.33. The third kappa shape index (κ3) is 3.84. The fourth-order valence-electron chi connectivity index (χ4n) is 2.57. The number of nitrogens with one attached hydrogen (secondary N) is 2. The molecule has 0 saturated carbocycles. The third-order valence-electron chi connectivity index (χ3n) is 3.65. The lowest BCUT2D eigenvalue weighted by Gasteiger charge is -2.12. The smallest absolute Gasteiger partial charge is 0.281 e. The van der Waals surface area contributed by atoms with Crippen molar-refractivity contribution in [3.8, 4) is 0 Å². The molecule has 0 aliphatic rings. The van der Waals surface area contributed by atoms with E-state index in [1.54, 1.807) is 19.1 Å². The molecule has 0 bridgehead atoms. The summed E-state index contributed by atoms with van der Waals surface area (Å²) in [4.78, 5) is 13.2. The largest absolute Gasteiger partial charge is 0.361 e. The summed E-state index contributed by atoms with van der Waals surface area (Å²) in [5, 5.41) is 13.5. The van der Waals surface area contributed by atoms with E-state index in [1.165, 1.54) is 5.38 Å². The van der Waals surface area contributed by atoms with Gasteiger partial charge in [-0.1, -0.05) is 17.7 Å². The predicted octanol–water partition coefficient (Wildman–Crippen LogP) is 3.70. The number of benzene rings is 1. The van der Waals surface area contributed by atoms with Crippen molar-refractivity contribution < 1.29 is 13.3 Å². The number of H-pyrrole nitrogens is 1. The molecular weight excluding hydrogens is 386 g/mol. The molecule has 2 N–H and O–H groups in total. The van der Waals surface area contributed by atoms with Gasteiger partial charge in [0.1, 0.15) is 4.21 Å². The molecule has 0 aliphatic carbocycles. The fraction of sp³-hybridized carbons (Fsp3) is 0.200. The quantitative estimate of drug-likeness (QED) is 0.487. The molecule has 0 saturated heterocycles. The summed E-state index contributed by atoms with van der Waals surface area (Å²) in [7, 11) is -3.80. The van der Waals surface area contributed by atoms with Crippen LogP contribution in [0.2, 0.25) is 5.02 Å². The monoisotopic (exact) mass is 399 g/mol. The van der Waals surface area contributed by atoms with Gasteiger partial charge in [0.15, 0.2) is 0 Å². The molecule has 0 spiro atoms. The Hall–Kier alpha value is -1.94. The first-order valence-electron chi connectivity index (χ1n) is 7.27. The average molecular weight is 400 g/mol. The number of aromatic nitrogens is 1. The number of rotatable bonds is 6. The lowest BCUT2D eigenvalue weighted by atomic mass is 10.1. The van der Waals surface area contributed by atoms with Gasteiger partial charge < -0.3 is 4.98 Å². The number of thiophene rings is 1. The molecule has 0 fully saturated rings. The molecule has 1 atom stereocenters. The van der Waals surface area contributed by atoms with E-state index in [0.29, 0.717) is 11.4 Å². The minimum absolute atomic E-state index is 0.0724. The third-order valence-corrected chi connectivity index (χ3v) is 6.90. The van der Waals surface area contributed by atoms with E-state index in [0.717, 1.165) is 33.9 Å². The van der Waals surface area contributed by atoms with Crippen molar-refractivity contribution in [2.24, 2.45) is 0 Å². The molecule has 3 rings (SSSR count). The molecule has 2 aromatic heterocycles. The Bertz CT molecular complexity index is 1040. The summed E-state index contributed by atoms with van der Waals surface area (Å²) in [5.41, 5.74) is 1.61. The van der Waals surface area contributed by atoms with E-state index in [1.807, 2.05) is 12.3 Å². The van der Waals surface area contributed by atoms with Gasteiger partial charge in [-0.3, -0.25) is 10.1 Å². The highest BCUT2D eigenvalue weighted by Crippen LogP contribution is 2.26. The molecule has 3 aromatic rings. The van der Waals surface area contributed by atoms with E-state index >= 15 is 0 Å². The highest BCUT2D eigenvalue weighted by molar-refractivity contribution is 7.91. The van der Waals surface area contributed by atoms with E-state index < -0.39 is 14.9 Å². The van der Waals surface area contributed by atoms with Crippen LogP contribution in [0, 0.1) is 10.1 Å². The zero-order valence-electron chi connectivity index (χ0n) is 13.0. The van der Waals surface area contributed by atoms with E-state index in [9.17, 15) is 18.5 Å².